The molecule has 0 bridgehead atoms. The maximum atomic E-state index is 12.4. The summed E-state index contributed by atoms with van der Waals surface area (Å²) >= 11 is 0. The smallest absolute Gasteiger partial charge is 0.328 e. The van der Waals surface area contributed by atoms with E-state index in [2.05, 4.69) is 45.7 Å². The summed E-state index contributed by atoms with van der Waals surface area (Å²) in [6.45, 7) is 12.9. The van der Waals surface area contributed by atoms with Crippen LogP contribution in [0.3, 0.4) is 0 Å². The van der Waals surface area contributed by atoms with Gasteiger partial charge in [0.25, 0.3) is 5.91 Å². The van der Waals surface area contributed by atoms with E-state index in [9.17, 15) is 24.3 Å². The van der Waals surface area contributed by atoms with Crippen molar-refractivity contribution in [3.05, 3.63) is 35.9 Å². The molecule has 238 valence electrons. The van der Waals surface area contributed by atoms with Gasteiger partial charge in [0.1, 0.15) is 6.04 Å². The van der Waals surface area contributed by atoms with Crippen LogP contribution >= 0.6 is 0 Å². The maximum Gasteiger partial charge on any atom is 0.328 e. The zero-order valence-electron chi connectivity index (χ0n) is 25.8. The lowest BCUT2D eigenvalue weighted by atomic mass is 10.1. The first-order valence-electron chi connectivity index (χ1n) is 14.9. The average Bonchev–Trinajstić information content (AvgIpc) is 3.01. The molecule has 12 nitrogen and oxygen atoms in total. The molecule has 0 saturated carbocycles. The van der Waals surface area contributed by atoms with Crippen LogP contribution in [0.15, 0.2) is 30.3 Å². The minimum absolute atomic E-state index is 0.000873. The molecule has 1 aromatic rings. The Morgan fingerprint density at radius 2 is 1.42 bits per heavy atom. The lowest BCUT2D eigenvalue weighted by Gasteiger charge is -2.32. The minimum atomic E-state index is -0.987. The number of ether oxygens (including phenoxy) is 2. The fourth-order valence-electron chi connectivity index (χ4n) is 4.61. The molecule has 12 heteroatoms. The fourth-order valence-corrected chi connectivity index (χ4v) is 4.61. The molecular weight excluding hydrogens is 554 g/mol. The van der Waals surface area contributed by atoms with Crippen LogP contribution in [-0.4, -0.2) is 147 Å². The molecule has 0 aliphatic carbocycles. The summed E-state index contributed by atoms with van der Waals surface area (Å²) in [6, 6.07) is 7.48. The number of carboxylic acids is 1. The number of rotatable bonds is 12. The van der Waals surface area contributed by atoms with E-state index in [0.29, 0.717) is 31.7 Å². The van der Waals surface area contributed by atoms with Crippen LogP contribution in [0, 0.1) is 11.8 Å². The van der Waals surface area contributed by atoms with Gasteiger partial charge in [-0.25, -0.2) is 4.79 Å². The predicted octanol–water partition coefficient (Wildman–Crippen LogP) is 0.631. The highest BCUT2D eigenvalue weighted by Gasteiger charge is 2.23. The van der Waals surface area contributed by atoms with Gasteiger partial charge in [-0.2, -0.15) is 0 Å². The molecule has 1 aliphatic heterocycles. The van der Waals surface area contributed by atoms with E-state index in [0.717, 1.165) is 45.8 Å². The lowest BCUT2D eigenvalue weighted by molar-refractivity contribution is -0.145. The largest absolute Gasteiger partial charge is 0.480 e. The van der Waals surface area contributed by atoms with Gasteiger partial charge >= 0.3 is 17.9 Å². The molecular formula is C31H47N5O7. The summed E-state index contributed by atoms with van der Waals surface area (Å²) in [6.07, 6.45) is -0.0631. The Morgan fingerprint density at radius 1 is 0.860 bits per heavy atom. The van der Waals surface area contributed by atoms with Gasteiger partial charge in [-0.3, -0.25) is 24.2 Å². The van der Waals surface area contributed by atoms with E-state index < -0.39 is 29.9 Å². The highest BCUT2D eigenvalue weighted by Crippen LogP contribution is 2.06. The van der Waals surface area contributed by atoms with Crippen molar-refractivity contribution in [2.75, 3.05) is 92.3 Å². The topological polar surface area (TPSA) is 132 Å². The van der Waals surface area contributed by atoms with Crippen molar-refractivity contribution in [1.29, 1.82) is 0 Å². The Morgan fingerprint density at radius 3 is 1.95 bits per heavy atom. The quantitative estimate of drug-likeness (QED) is 0.258. The third kappa shape index (κ3) is 14.5. The first-order valence-corrected chi connectivity index (χ1v) is 14.9. The zero-order valence-corrected chi connectivity index (χ0v) is 25.8. The van der Waals surface area contributed by atoms with Gasteiger partial charge < -0.3 is 29.7 Å². The number of hydrogen-bond acceptors (Lipinski definition) is 10. The predicted molar refractivity (Wildman–Crippen MR) is 162 cm³/mol. The second kappa shape index (κ2) is 20.4. The molecule has 0 radical (unpaired) electrons. The third-order valence-electron chi connectivity index (χ3n) is 7.38. The van der Waals surface area contributed by atoms with Gasteiger partial charge in [0, 0.05) is 64.3 Å². The number of amides is 1. The number of likely N-dealkylation sites (N-methyl/N-ethyl adjacent to an activating group) is 2. The maximum absolute atomic E-state index is 12.4. The molecule has 43 heavy (non-hydrogen) atoms. The van der Waals surface area contributed by atoms with Gasteiger partial charge in [0.05, 0.1) is 20.2 Å². The van der Waals surface area contributed by atoms with Crippen molar-refractivity contribution in [1.82, 2.24) is 24.9 Å². The molecule has 1 fully saturated rings. The second-order valence-corrected chi connectivity index (χ2v) is 10.3. The highest BCUT2D eigenvalue weighted by atomic mass is 16.5. The van der Waals surface area contributed by atoms with Crippen molar-refractivity contribution in [3.8, 4) is 11.8 Å². The lowest BCUT2D eigenvalue weighted by Crippen LogP contribution is -2.46. The van der Waals surface area contributed by atoms with E-state index in [1.165, 1.54) is 7.11 Å². The molecule has 1 saturated heterocycles. The van der Waals surface area contributed by atoms with E-state index >= 15 is 0 Å². The van der Waals surface area contributed by atoms with Crippen LogP contribution in [0.4, 0.5) is 0 Å². The third-order valence-corrected chi connectivity index (χ3v) is 7.38. The molecule has 1 heterocycles. The molecule has 0 spiro atoms. The summed E-state index contributed by atoms with van der Waals surface area (Å²) in [4.78, 5) is 57.2. The van der Waals surface area contributed by atoms with Gasteiger partial charge in [-0.15, -0.1) is 0 Å². The summed E-state index contributed by atoms with van der Waals surface area (Å²) in [5.41, 5.74) is 0.395. The summed E-state index contributed by atoms with van der Waals surface area (Å²) in [5, 5.41) is 12.0. The van der Waals surface area contributed by atoms with E-state index in [1.54, 1.807) is 30.3 Å². The van der Waals surface area contributed by atoms with Crippen LogP contribution in [0.2, 0.25) is 0 Å². The van der Waals surface area contributed by atoms with E-state index in [1.807, 2.05) is 4.90 Å². The minimum Gasteiger partial charge on any atom is -0.480 e. The Labute approximate surface area is 255 Å². The Balaban J connectivity index is 1.86. The highest BCUT2D eigenvalue weighted by molar-refractivity contribution is 5.96. The summed E-state index contributed by atoms with van der Waals surface area (Å²) in [5.74, 6) is 3.50. The van der Waals surface area contributed by atoms with Crippen LogP contribution in [0.25, 0.3) is 0 Å². The zero-order chi connectivity index (χ0) is 31.5. The number of benzene rings is 1. The number of nitrogens with zero attached hydrogens (tertiary/aromatic N) is 4. The van der Waals surface area contributed by atoms with E-state index in [4.69, 9.17) is 9.47 Å². The first-order chi connectivity index (χ1) is 20.7. The second-order valence-electron chi connectivity index (χ2n) is 10.3. The Kier molecular flexibility index (Phi) is 16.9. The van der Waals surface area contributed by atoms with Crippen molar-refractivity contribution in [3.63, 3.8) is 0 Å². The van der Waals surface area contributed by atoms with E-state index in [-0.39, 0.29) is 26.0 Å². The van der Waals surface area contributed by atoms with Crippen molar-refractivity contribution in [2.24, 2.45) is 0 Å². The number of aliphatic carboxylic acids is 1. The number of methoxy groups -OCH3 is 1. The Hall–Kier alpha value is -3.50. The van der Waals surface area contributed by atoms with Crippen LogP contribution in [0.5, 0.6) is 0 Å². The van der Waals surface area contributed by atoms with Gasteiger partial charge in [-0.1, -0.05) is 43.9 Å². The van der Waals surface area contributed by atoms with Gasteiger partial charge in [0.2, 0.25) is 0 Å². The molecule has 1 aromatic carbocycles. The van der Waals surface area contributed by atoms with Crippen LogP contribution in [0.1, 0.15) is 37.0 Å². The molecule has 0 aromatic heterocycles. The fraction of sp³-hybridized carbons (Fsp3) is 0.613. The standard InChI is InChI=1S/C31H47N5O7/c1-4-33-16-17-34(5-2)19-22-36(25-28(37)38)23-21-35(20-18-33)15-9-10-24-43-29(39)14-13-27(31(41)42-3)32-30(40)26-11-7-6-8-12-26/h6-8,11-12,27H,4-5,13-25H2,1-3H3,(H,32,40)(H,37,38). The molecule has 2 N–H and O–H groups in total. The molecule has 2 rings (SSSR count). The normalized spacial score (nSPS) is 16.9. The van der Waals surface area contributed by atoms with Crippen molar-refractivity contribution in [2.45, 2.75) is 32.7 Å². The molecule has 1 atom stereocenters. The van der Waals surface area contributed by atoms with Crippen LogP contribution in [-0.2, 0) is 23.9 Å². The monoisotopic (exact) mass is 601 g/mol. The van der Waals surface area contributed by atoms with Gasteiger partial charge in [-0.05, 0) is 31.6 Å². The van der Waals surface area contributed by atoms with Gasteiger partial charge in [0.15, 0.2) is 6.61 Å². The number of carbonyl (C=O) groups excluding carboxylic acids is 3. The van der Waals surface area contributed by atoms with Crippen LogP contribution < -0.4 is 5.32 Å². The molecule has 1 amide bonds. The number of carboxylic acid groups (broad SMARTS) is 1. The summed E-state index contributed by atoms with van der Waals surface area (Å²) < 4.78 is 10.0. The average molecular weight is 602 g/mol. The Bertz CT molecular complexity index is 1080. The number of esters is 2. The molecule has 1 unspecified atom stereocenters. The number of carbonyl (C=O) groups is 4. The number of hydrogen-bond donors (Lipinski definition) is 2. The molecule has 1 aliphatic rings. The van der Waals surface area contributed by atoms with Crippen molar-refractivity contribution >= 4 is 23.8 Å². The first kappa shape index (κ1) is 35.7. The number of nitrogens with one attached hydrogen (secondary N) is 1. The van der Waals surface area contributed by atoms with Crippen molar-refractivity contribution < 1.29 is 33.8 Å². The SMILES string of the molecule is CCN1CCN(CC)CCN(CC(=O)O)CCN(CC#CCOC(=O)CCC(NC(=O)c2ccccc2)C(=O)OC)CC1. The summed E-state index contributed by atoms with van der Waals surface area (Å²) in [7, 11) is 1.22.